The average molecular weight is 232 g/mol. The Morgan fingerprint density at radius 2 is 1.82 bits per heavy atom. The molecule has 1 saturated heterocycles. The summed E-state index contributed by atoms with van der Waals surface area (Å²) in [4.78, 5) is 2.45. The van der Waals surface area contributed by atoms with Crippen LogP contribution in [0.4, 0.5) is 0 Å². The van der Waals surface area contributed by atoms with Gasteiger partial charge >= 0.3 is 0 Å². The predicted octanol–water partition coefficient (Wildman–Crippen LogP) is 1.33. The highest BCUT2D eigenvalue weighted by Crippen LogP contribution is 2.38. The van der Waals surface area contributed by atoms with Crippen LogP contribution in [-0.4, -0.2) is 37.2 Å². The number of nitrogens with zero attached hydrogens (tertiary/aromatic N) is 1. The van der Waals surface area contributed by atoms with E-state index in [9.17, 15) is 0 Å². The molecule has 1 aliphatic heterocycles. The second-order valence-corrected chi connectivity index (χ2v) is 5.14. The lowest BCUT2D eigenvalue weighted by Crippen LogP contribution is -2.35. The third-order valence-corrected chi connectivity index (χ3v) is 3.76. The first-order chi connectivity index (χ1) is 8.33. The van der Waals surface area contributed by atoms with Crippen LogP contribution in [0.2, 0.25) is 0 Å². The van der Waals surface area contributed by atoms with E-state index in [0.717, 1.165) is 39.3 Å². The molecule has 1 saturated carbocycles. The van der Waals surface area contributed by atoms with Gasteiger partial charge in [0, 0.05) is 31.6 Å². The van der Waals surface area contributed by atoms with Gasteiger partial charge in [0.1, 0.15) is 0 Å². The van der Waals surface area contributed by atoms with Gasteiger partial charge < -0.3 is 10.5 Å². The van der Waals surface area contributed by atoms with Crippen LogP contribution in [0.25, 0.3) is 0 Å². The first kappa shape index (κ1) is 11.2. The van der Waals surface area contributed by atoms with Gasteiger partial charge in [0.25, 0.3) is 0 Å². The molecular formula is C14H20N2O. The fourth-order valence-corrected chi connectivity index (χ4v) is 2.49. The Morgan fingerprint density at radius 1 is 1.18 bits per heavy atom. The van der Waals surface area contributed by atoms with E-state index in [4.69, 9.17) is 10.5 Å². The van der Waals surface area contributed by atoms with E-state index >= 15 is 0 Å². The van der Waals surface area contributed by atoms with Crippen molar-refractivity contribution in [2.45, 2.75) is 24.9 Å². The smallest absolute Gasteiger partial charge is 0.0594 e. The van der Waals surface area contributed by atoms with E-state index in [1.165, 1.54) is 11.1 Å². The van der Waals surface area contributed by atoms with Crippen LogP contribution in [0.1, 0.15) is 23.5 Å². The first-order valence-corrected chi connectivity index (χ1v) is 6.47. The van der Waals surface area contributed by atoms with Gasteiger partial charge in [-0.1, -0.05) is 24.3 Å². The number of nitrogens with two attached hydrogens (primary N) is 1. The summed E-state index contributed by atoms with van der Waals surface area (Å²) < 4.78 is 5.35. The van der Waals surface area contributed by atoms with Crippen LogP contribution in [0.5, 0.6) is 0 Å². The Morgan fingerprint density at radius 3 is 2.41 bits per heavy atom. The minimum atomic E-state index is 0.403. The van der Waals surface area contributed by atoms with Crippen LogP contribution in [-0.2, 0) is 11.3 Å². The van der Waals surface area contributed by atoms with Gasteiger partial charge in [-0.3, -0.25) is 4.90 Å². The molecule has 2 fully saturated rings. The summed E-state index contributed by atoms with van der Waals surface area (Å²) in [6.45, 7) is 4.88. The van der Waals surface area contributed by atoms with Crippen molar-refractivity contribution in [1.82, 2.24) is 4.90 Å². The Kier molecular flexibility index (Phi) is 3.14. The molecule has 3 rings (SSSR count). The molecule has 2 aliphatic rings. The minimum absolute atomic E-state index is 0.403. The Hall–Kier alpha value is -0.900. The maximum absolute atomic E-state index is 5.86. The number of ether oxygens (including phenoxy) is 1. The van der Waals surface area contributed by atoms with Crippen molar-refractivity contribution in [1.29, 1.82) is 0 Å². The average Bonchev–Trinajstić information content (AvgIpc) is 3.09. The minimum Gasteiger partial charge on any atom is -0.379 e. The highest BCUT2D eigenvalue weighted by molar-refractivity contribution is 5.30. The van der Waals surface area contributed by atoms with E-state index in [-0.39, 0.29) is 0 Å². The number of rotatable bonds is 3. The summed E-state index contributed by atoms with van der Waals surface area (Å²) in [6, 6.07) is 9.38. The summed E-state index contributed by atoms with van der Waals surface area (Å²) in [7, 11) is 0. The zero-order valence-electron chi connectivity index (χ0n) is 10.1. The summed E-state index contributed by atoms with van der Waals surface area (Å²) in [5.74, 6) is 0.618. The zero-order chi connectivity index (χ0) is 11.7. The van der Waals surface area contributed by atoms with E-state index in [1.807, 2.05) is 0 Å². The van der Waals surface area contributed by atoms with Crippen LogP contribution >= 0.6 is 0 Å². The molecule has 1 aliphatic carbocycles. The summed E-state index contributed by atoms with van der Waals surface area (Å²) in [5, 5.41) is 0. The van der Waals surface area contributed by atoms with Gasteiger partial charge in [-0.25, -0.2) is 0 Å². The van der Waals surface area contributed by atoms with Crippen molar-refractivity contribution >= 4 is 0 Å². The largest absolute Gasteiger partial charge is 0.379 e. The fraction of sp³-hybridized carbons (Fsp3) is 0.571. The molecule has 0 amide bonds. The molecule has 1 heterocycles. The van der Waals surface area contributed by atoms with Crippen molar-refractivity contribution in [3.8, 4) is 0 Å². The maximum Gasteiger partial charge on any atom is 0.0594 e. The van der Waals surface area contributed by atoms with Crippen molar-refractivity contribution in [3.63, 3.8) is 0 Å². The Bertz CT molecular complexity index is 370. The molecule has 1 aromatic carbocycles. The van der Waals surface area contributed by atoms with Crippen molar-refractivity contribution in [2.75, 3.05) is 26.3 Å². The second-order valence-electron chi connectivity index (χ2n) is 5.14. The summed E-state index contributed by atoms with van der Waals surface area (Å²) in [5.41, 5.74) is 8.66. The zero-order valence-corrected chi connectivity index (χ0v) is 10.1. The van der Waals surface area contributed by atoms with Gasteiger partial charge in [0.15, 0.2) is 0 Å². The predicted molar refractivity (Wildman–Crippen MR) is 67.9 cm³/mol. The molecule has 0 spiro atoms. The number of benzene rings is 1. The van der Waals surface area contributed by atoms with Gasteiger partial charge in [-0.05, 0) is 17.5 Å². The molecular weight excluding hydrogens is 212 g/mol. The lowest BCUT2D eigenvalue weighted by atomic mass is 10.1. The van der Waals surface area contributed by atoms with Crippen LogP contribution in [0, 0.1) is 0 Å². The molecule has 3 nitrogen and oxygen atoms in total. The highest BCUT2D eigenvalue weighted by Gasteiger charge is 2.34. The monoisotopic (exact) mass is 232 g/mol. The van der Waals surface area contributed by atoms with Crippen molar-refractivity contribution < 1.29 is 4.74 Å². The molecule has 92 valence electrons. The van der Waals surface area contributed by atoms with Gasteiger partial charge in [0.2, 0.25) is 0 Å². The van der Waals surface area contributed by atoms with E-state index in [1.54, 1.807) is 0 Å². The molecule has 0 bridgehead atoms. The van der Waals surface area contributed by atoms with Crippen LogP contribution in [0.3, 0.4) is 0 Å². The van der Waals surface area contributed by atoms with E-state index in [2.05, 4.69) is 29.2 Å². The van der Waals surface area contributed by atoms with Crippen molar-refractivity contribution in [2.24, 2.45) is 5.73 Å². The SMILES string of the molecule is NC1CC1c1ccc(CN2CCOCC2)cc1. The molecule has 1 aromatic rings. The first-order valence-electron chi connectivity index (χ1n) is 6.47. The molecule has 0 aromatic heterocycles. The van der Waals surface area contributed by atoms with Gasteiger partial charge in [-0.15, -0.1) is 0 Å². The van der Waals surface area contributed by atoms with Crippen molar-refractivity contribution in [3.05, 3.63) is 35.4 Å². The molecule has 0 radical (unpaired) electrons. The quantitative estimate of drug-likeness (QED) is 0.854. The van der Waals surface area contributed by atoms with Crippen LogP contribution < -0.4 is 5.73 Å². The highest BCUT2D eigenvalue weighted by atomic mass is 16.5. The molecule has 17 heavy (non-hydrogen) atoms. The standard InChI is InChI=1S/C14H20N2O/c15-14-9-13(14)12-3-1-11(2-4-12)10-16-5-7-17-8-6-16/h1-4,13-14H,5-10,15H2. The second kappa shape index (κ2) is 4.77. The van der Waals surface area contributed by atoms with Crippen LogP contribution in [0.15, 0.2) is 24.3 Å². The lowest BCUT2D eigenvalue weighted by Gasteiger charge is -2.26. The third-order valence-electron chi connectivity index (χ3n) is 3.76. The van der Waals surface area contributed by atoms with E-state index < -0.39 is 0 Å². The fourth-order valence-electron chi connectivity index (χ4n) is 2.49. The summed E-state index contributed by atoms with van der Waals surface area (Å²) >= 11 is 0. The molecule has 2 atom stereocenters. The maximum atomic E-state index is 5.86. The number of hydrogen-bond donors (Lipinski definition) is 1. The lowest BCUT2D eigenvalue weighted by molar-refractivity contribution is 0.0342. The topological polar surface area (TPSA) is 38.5 Å². The number of hydrogen-bond acceptors (Lipinski definition) is 3. The van der Waals surface area contributed by atoms with E-state index in [0.29, 0.717) is 12.0 Å². The number of morpholine rings is 1. The summed E-state index contributed by atoms with van der Waals surface area (Å²) in [6.07, 6.45) is 1.16. The van der Waals surface area contributed by atoms with Gasteiger partial charge in [-0.2, -0.15) is 0 Å². The molecule has 2 N–H and O–H groups in total. The van der Waals surface area contributed by atoms with Gasteiger partial charge in [0.05, 0.1) is 13.2 Å². The molecule has 2 unspecified atom stereocenters. The normalized spacial score (nSPS) is 29.2. The third kappa shape index (κ3) is 2.68. The molecule has 3 heteroatoms. The Labute approximate surface area is 103 Å². The Balaban J connectivity index is 1.59.